The van der Waals surface area contributed by atoms with Crippen molar-refractivity contribution in [3.8, 4) is 0 Å². The van der Waals surface area contributed by atoms with Crippen molar-refractivity contribution in [1.29, 1.82) is 0 Å². The first kappa shape index (κ1) is 23.6. The number of hydrogen-bond donors (Lipinski definition) is 1. The number of benzene rings is 1. The Morgan fingerprint density at radius 2 is 1.88 bits per heavy atom. The van der Waals surface area contributed by atoms with Crippen molar-refractivity contribution >= 4 is 29.4 Å². The lowest BCUT2D eigenvalue weighted by atomic mass is 10.0. The molecule has 1 saturated heterocycles. The summed E-state index contributed by atoms with van der Waals surface area (Å²) >= 11 is 0. The summed E-state index contributed by atoms with van der Waals surface area (Å²) in [6, 6.07) is 4.14. The normalized spacial score (nSPS) is 18.2. The lowest BCUT2D eigenvalue weighted by Crippen LogP contribution is -2.36. The molecule has 0 spiro atoms. The van der Waals surface area contributed by atoms with Crippen LogP contribution in [0.5, 0.6) is 0 Å². The zero-order valence-corrected chi connectivity index (χ0v) is 19.5. The third-order valence-corrected chi connectivity index (χ3v) is 6.31. The molecule has 3 heterocycles. The quantitative estimate of drug-likeness (QED) is 0.378. The number of esters is 1. The van der Waals surface area contributed by atoms with Crippen molar-refractivity contribution in [2.75, 3.05) is 13.2 Å². The minimum absolute atomic E-state index is 0.0577. The van der Waals surface area contributed by atoms with Crippen molar-refractivity contribution in [3.63, 3.8) is 0 Å². The largest absolute Gasteiger partial charge is 0.451 e. The van der Waals surface area contributed by atoms with E-state index in [9.17, 15) is 24.0 Å². The predicted octanol–water partition coefficient (Wildman–Crippen LogP) is 3.04. The molecular weight excluding hydrogens is 440 g/mol. The van der Waals surface area contributed by atoms with Gasteiger partial charge in [0, 0.05) is 17.9 Å². The van der Waals surface area contributed by atoms with Crippen molar-refractivity contribution in [2.24, 2.45) is 0 Å². The maximum atomic E-state index is 12.9. The van der Waals surface area contributed by atoms with Gasteiger partial charge in [0.2, 0.25) is 5.78 Å². The highest BCUT2D eigenvalue weighted by Gasteiger charge is 2.38. The van der Waals surface area contributed by atoms with Crippen LogP contribution >= 0.6 is 0 Å². The predicted molar refractivity (Wildman–Crippen MR) is 120 cm³/mol. The van der Waals surface area contributed by atoms with Gasteiger partial charge in [0.1, 0.15) is 0 Å². The molecule has 1 aromatic heterocycles. The number of fused-ring (bicyclic) bond motifs is 1. The number of Topliss-reactive ketones (excluding diaryl/α,β-unsaturated/α-hetero) is 2. The van der Waals surface area contributed by atoms with Crippen LogP contribution < -0.4 is 0 Å². The van der Waals surface area contributed by atoms with Crippen LogP contribution in [-0.4, -0.2) is 64.6 Å². The zero-order valence-electron chi connectivity index (χ0n) is 19.5. The molecule has 34 heavy (non-hydrogen) atoms. The van der Waals surface area contributed by atoms with E-state index in [0.29, 0.717) is 23.4 Å². The minimum Gasteiger partial charge on any atom is -0.451 e. The summed E-state index contributed by atoms with van der Waals surface area (Å²) in [5.41, 5.74) is 2.13. The smallest absolute Gasteiger partial charge is 0.338 e. The molecule has 2 atom stereocenters. The first-order chi connectivity index (χ1) is 16.1. The van der Waals surface area contributed by atoms with Crippen LogP contribution in [0.3, 0.4) is 0 Å². The van der Waals surface area contributed by atoms with Gasteiger partial charge in [-0.3, -0.25) is 24.1 Å². The SMILES string of the molecule is CC(=O)c1c(C)[nH]c(C(=O)C(C)OC(=O)c2ccc3c(c2)C(=O)N(CC2CCCO2)C3=O)c1C. The number of imide groups is 1. The molecule has 2 amide bonds. The van der Waals surface area contributed by atoms with Gasteiger partial charge in [0.05, 0.1) is 35.0 Å². The Kier molecular flexibility index (Phi) is 6.22. The number of aryl methyl sites for hydroxylation is 1. The Hall–Kier alpha value is -3.59. The number of hydrogen-bond acceptors (Lipinski definition) is 7. The molecule has 0 aliphatic carbocycles. The highest BCUT2D eigenvalue weighted by Crippen LogP contribution is 2.27. The van der Waals surface area contributed by atoms with Crippen LogP contribution in [0.1, 0.15) is 89.9 Å². The van der Waals surface area contributed by atoms with E-state index in [1.54, 1.807) is 13.8 Å². The molecule has 4 rings (SSSR count). The lowest BCUT2D eigenvalue weighted by molar-refractivity contribution is 0.0317. The fourth-order valence-corrected chi connectivity index (χ4v) is 4.59. The van der Waals surface area contributed by atoms with Crippen molar-refractivity contribution in [3.05, 3.63) is 57.4 Å². The summed E-state index contributed by atoms with van der Waals surface area (Å²) < 4.78 is 10.9. The van der Waals surface area contributed by atoms with Gasteiger partial charge in [-0.1, -0.05) is 0 Å². The molecule has 2 aliphatic rings. The van der Waals surface area contributed by atoms with Crippen molar-refractivity contribution in [2.45, 2.75) is 52.7 Å². The molecule has 178 valence electrons. The standard InChI is InChI=1S/C25H26N2O7/c1-12-20(14(3)28)13(2)26-21(12)22(29)15(4)34-25(32)16-7-8-18-19(10-16)24(31)27(23(18)30)11-17-6-5-9-33-17/h7-8,10,15,17,26H,5-6,9,11H2,1-4H3. The third-order valence-electron chi connectivity index (χ3n) is 6.31. The van der Waals surface area contributed by atoms with E-state index < -0.39 is 29.7 Å². The Morgan fingerprint density at radius 3 is 2.50 bits per heavy atom. The van der Waals surface area contributed by atoms with Crippen LogP contribution in [0.15, 0.2) is 18.2 Å². The molecule has 0 radical (unpaired) electrons. The van der Waals surface area contributed by atoms with Crippen molar-refractivity contribution in [1.82, 2.24) is 9.88 Å². The van der Waals surface area contributed by atoms with E-state index >= 15 is 0 Å². The summed E-state index contributed by atoms with van der Waals surface area (Å²) in [6.45, 7) is 7.00. The number of aromatic nitrogens is 1. The van der Waals surface area contributed by atoms with Crippen molar-refractivity contribution < 1.29 is 33.4 Å². The molecule has 1 fully saturated rings. The van der Waals surface area contributed by atoms with E-state index in [-0.39, 0.29) is 40.8 Å². The molecule has 1 aromatic carbocycles. The van der Waals surface area contributed by atoms with Crippen LogP contribution in [0.4, 0.5) is 0 Å². The number of rotatable bonds is 7. The maximum absolute atomic E-state index is 12.9. The number of nitrogens with zero attached hydrogens (tertiary/aromatic N) is 1. The summed E-state index contributed by atoms with van der Waals surface area (Å²) in [5.74, 6) is -2.34. The van der Waals surface area contributed by atoms with Crippen LogP contribution in [0.25, 0.3) is 0 Å². The second-order valence-corrected chi connectivity index (χ2v) is 8.71. The number of carbonyl (C=O) groups excluding carboxylic acids is 5. The Labute approximate surface area is 196 Å². The van der Waals surface area contributed by atoms with Gasteiger partial charge in [-0.15, -0.1) is 0 Å². The molecule has 9 nitrogen and oxygen atoms in total. The Bertz CT molecular complexity index is 1220. The third kappa shape index (κ3) is 4.07. The van der Waals surface area contributed by atoms with E-state index in [1.165, 1.54) is 32.0 Å². The molecule has 1 N–H and O–H groups in total. The monoisotopic (exact) mass is 466 g/mol. The number of ether oxygens (including phenoxy) is 2. The molecule has 2 aliphatic heterocycles. The summed E-state index contributed by atoms with van der Waals surface area (Å²) in [7, 11) is 0. The highest BCUT2D eigenvalue weighted by atomic mass is 16.5. The van der Waals surface area contributed by atoms with Gasteiger partial charge < -0.3 is 14.5 Å². The van der Waals surface area contributed by atoms with Crippen LogP contribution in [-0.2, 0) is 9.47 Å². The van der Waals surface area contributed by atoms with Crippen LogP contribution in [0.2, 0.25) is 0 Å². The first-order valence-electron chi connectivity index (χ1n) is 11.2. The van der Waals surface area contributed by atoms with E-state index in [1.807, 2.05) is 0 Å². The highest BCUT2D eigenvalue weighted by molar-refractivity contribution is 6.22. The van der Waals surface area contributed by atoms with Gasteiger partial charge in [-0.05, 0) is 64.3 Å². The second-order valence-electron chi connectivity index (χ2n) is 8.71. The number of carbonyl (C=O) groups is 5. The van der Waals surface area contributed by atoms with Crippen LogP contribution in [0, 0.1) is 13.8 Å². The van der Waals surface area contributed by atoms with E-state index in [2.05, 4.69) is 4.98 Å². The summed E-state index contributed by atoms with van der Waals surface area (Å²) in [4.78, 5) is 67.0. The number of aromatic amines is 1. The maximum Gasteiger partial charge on any atom is 0.338 e. The van der Waals surface area contributed by atoms with Gasteiger partial charge in [-0.2, -0.15) is 0 Å². The fourth-order valence-electron chi connectivity index (χ4n) is 4.59. The second kappa shape index (κ2) is 8.98. The van der Waals surface area contributed by atoms with Gasteiger partial charge in [-0.25, -0.2) is 4.79 Å². The van der Waals surface area contributed by atoms with E-state index in [4.69, 9.17) is 9.47 Å². The average molecular weight is 466 g/mol. The molecule has 2 aromatic rings. The Morgan fingerprint density at radius 1 is 1.18 bits per heavy atom. The molecule has 9 heteroatoms. The number of amides is 2. The van der Waals surface area contributed by atoms with Gasteiger partial charge in [0.15, 0.2) is 11.9 Å². The number of H-pyrrole nitrogens is 1. The summed E-state index contributed by atoms with van der Waals surface area (Å²) in [6.07, 6.45) is 0.357. The van der Waals surface area contributed by atoms with E-state index in [0.717, 1.165) is 17.7 Å². The number of ketones is 2. The molecule has 0 bridgehead atoms. The molecular formula is C25H26N2O7. The Balaban J connectivity index is 1.49. The average Bonchev–Trinajstić information content (AvgIpc) is 3.47. The number of nitrogens with one attached hydrogen (secondary N) is 1. The topological polar surface area (TPSA) is 123 Å². The lowest BCUT2D eigenvalue weighted by Gasteiger charge is -2.17. The minimum atomic E-state index is -1.13. The van der Waals surface area contributed by atoms with Gasteiger partial charge in [0.25, 0.3) is 11.8 Å². The molecule has 0 saturated carbocycles. The first-order valence-corrected chi connectivity index (χ1v) is 11.2. The molecule has 2 unspecified atom stereocenters. The fraction of sp³-hybridized carbons (Fsp3) is 0.400. The zero-order chi connectivity index (χ0) is 24.7. The summed E-state index contributed by atoms with van der Waals surface area (Å²) in [5, 5.41) is 0. The van der Waals surface area contributed by atoms with Gasteiger partial charge >= 0.3 is 5.97 Å².